The van der Waals surface area contributed by atoms with Gasteiger partial charge >= 0.3 is 12.1 Å². The molecule has 1 unspecified atom stereocenters. The molecule has 0 spiro atoms. The number of amides is 1. The summed E-state index contributed by atoms with van der Waals surface area (Å²) in [6, 6.07) is 9.52. The third kappa shape index (κ3) is 4.19. The van der Waals surface area contributed by atoms with Crippen LogP contribution in [-0.2, 0) is 16.1 Å². The normalized spacial score (nSPS) is 18.7. The zero-order valence-electron chi connectivity index (χ0n) is 19.7. The van der Waals surface area contributed by atoms with Gasteiger partial charge in [-0.25, -0.2) is 19.1 Å². The van der Waals surface area contributed by atoms with Crippen LogP contribution in [0.25, 0.3) is 16.9 Å². The number of ether oxygens (including phenoxy) is 3. The van der Waals surface area contributed by atoms with Gasteiger partial charge in [0, 0.05) is 23.1 Å². The molecule has 2 aromatic heterocycles. The summed E-state index contributed by atoms with van der Waals surface area (Å²) in [5.41, 5.74) is 3.65. The van der Waals surface area contributed by atoms with Gasteiger partial charge in [-0.05, 0) is 49.9 Å². The van der Waals surface area contributed by atoms with Gasteiger partial charge in [-0.15, -0.1) is 5.10 Å². The second kappa shape index (κ2) is 8.87. The third-order valence-corrected chi connectivity index (χ3v) is 7.13. The first kappa shape index (κ1) is 21.9. The topological polar surface area (TPSA) is 104 Å². The summed E-state index contributed by atoms with van der Waals surface area (Å²) in [6.45, 7) is 0.262. The number of rotatable bonds is 6. The summed E-state index contributed by atoms with van der Waals surface area (Å²) < 4.78 is 18.3. The van der Waals surface area contributed by atoms with Gasteiger partial charge in [-0.3, -0.25) is 0 Å². The number of nitrogens with one attached hydrogen (secondary N) is 1. The van der Waals surface area contributed by atoms with Gasteiger partial charge in [0.1, 0.15) is 6.61 Å². The van der Waals surface area contributed by atoms with Gasteiger partial charge in [0.25, 0.3) is 0 Å². The lowest BCUT2D eigenvalue weighted by molar-refractivity contribution is 0.0535. The number of carbonyl (C=O) groups is 2. The first-order valence-corrected chi connectivity index (χ1v) is 12.3. The zero-order chi connectivity index (χ0) is 23.9. The average molecular weight is 477 g/mol. The molecule has 182 valence electrons. The van der Waals surface area contributed by atoms with Gasteiger partial charge in [0.2, 0.25) is 0 Å². The van der Waals surface area contributed by atoms with Gasteiger partial charge in [0.05, 0.1) is 18.4 Å². The molecule has 9 nitrogen and oxygen atoms in total. The molecule has 35 heavy (non-hydrogen) atoms. The first-order valence-electron chi connectivity index (χ1n) is 12.3. The number of alkyl carbamates (subject to hydrolysis) is 1. The van der Waals surface area contributed by atoms with Crippen molar-refractivity contribution in [2.45, 2.75) is 63.7 Å². The van der Waals surface area contributed by atoms with E-state index in [0.717, 1.165) is 55.3 Å². The number of cyclic esters (lactones) is 1. The van der Waals surface area contributed by atoms with Crippen LogP contribution < -0.4 is 10.1 Å². The molecule has 3 aromatic rings. The highest BCUT2D eigenvalue weighted by molar-refractivity contribution is 5.94. The van der Waals surface area contributed by atoms with E-state index in [9.17, 15) is 9.59 Å². The Balaban J connectivity index is 1.33. The highest BCUT2D eigenvalue weighted by Gasteiger charge is 2.39. The minimum Gasteiger partial charge on any atom is -0.493 e. The number of hydrogen-bond acceptors (Lipinski definition) is 7. The van der Waals surface area contributed by atoms with Crippen LogP contribution in [0.5, 0.6) is 5.75 Å². The van der Waals surface area contributed by atoms with Crippen LogP contribution in [0.15, 0.2) is 30.3 Å². The van der Waals surface area contributed by atoms with Crippen LogP contribution in [0.4, 0.5) is 4.79 Å². The number of nitrogens with zero attached hydrogens (tertiary/aromatic N) is 3. The lowest BCUT2D eigenvalue weighted by atomic mass is 9.96. The van der Waals surface area contributed by atoms with Crippen molar-refractivity contribution in [1.29, 1.82) is 0 Å². The Kier molecular flexibility index (Phi) is 5.54. The first-order chi connectivity index (χ1) is 17.1. The molecule has 1 atom stereocenters. The Morgan fingerprint density at radius 1 is 1.14 bits per heavy atom. The maximum atomic E-state index is 12.7. The van der Waals surface area contributed by atoms with E-state index in [-0.39, 0.29) is 24.5 Å². The summed E-state index contributed by atoms with van der Waals surface area (Å²) in [4.78, 5) is 29.3. The highest BCUT2D eigenvalue weighted by Crippen LogP contribution is 2.43. The van der Waals surface area contributed by atoms with Crippen LogP contribution in [0.3, 0.4) is 0 Å². The molecule has 9 heteroatoms. The molecule has 0 saturated heterocycles. The number of benzene rings is 1. The maximum absolute atomic E-state index is 12.7. The van der Waals surface area contributed by atoms with Crippen molar-refractivity contribution < 1.29 is 23.8 Å². The third-order valence-electron chi connectivity index (χ3n) is 7.13. The molecule has 0 radical (unpaired) electrons. The number of methoxy groups -OCH3 is 1. The van der Waals surface area contributed by atoms with Gasteiger partial charge in [-0.2, -0.15) is 0 Å². The Hall–Kier alpha value is -3.62. The number of carbonyl (C=O) groups excluding carboxylic acids is 2. The van der Waals surface area contributed by atoms with Crippen LogP contribution in [0.2, 0.25) is 0 Å². The minimum absolute atomic E-state index is 0.174. The Morgan fingerprint density at radius 2 is 1.97 bits per heavy atom. The van der Waals surface area contributed by atoms with Crippen LogP contribution in [-0.4, -0.2) is 39.8 Å². The number of esters is 1. The largest absolute Gasteiger partial charge is 0.493 e. The van der Waals surface area contributed by atoms with Crippen molar-refractivity contribution in [3.05, 3.63) is 47.3 Å². The summed E-state index contributed by atoms with van der Waals surface area (Å²) in [5.74, 6) is 0.956. The predicted octanol–water partition coefficient (Wildman–Crippen LogP) is 4.59. The van der Waals surface area contributed by atoms with Crippen molar-refractivity contribution in [1.82, 2.24) is 19.9 Å². The van der Waals surface area contributed by atoms with Crippen molar-refractivity contribution in [2.24, 2.45) is 5.92 Å². The second-order valence-electron chi connectivity index (χ2n) is 9.58. The summed E-state index contributed by atoms with van der Waals surface area (Å²) in [7, 11) is 1.59. The fraction of sp³-hybridized carbons (Fsp3) is 0.462. The molecular formula is C26H28N4O5. The standard InChI is InChI=1S/C26H28N4O5/c1-33-21-12-11-20(16-9-10-19-17(13-16)14-34-25(19)31)30-24(21)28-23(29-30)22(15-7-8-15)35-26(32)27-18-5-3-2-4-6-18/h9-13,15,18,22H,2-8,14H2,1H3,(H,27,32). The molecule has 6 rings (SSSR count). The van der Waals surface area contributed by atoms with E-state index in [0.29, 0.717) is 22.8 Å². The lowest BCUT2D eigenvalue weighted by Crippen LogP contribution is -2.37. The molecule has 1 N–H and O–H groups in total. The maximum Gasteiger partial charge on any atom is 0.408 e. The van der Waals surface area contributed by atoms with Crippen molar-refractivity contribution >= 4 is 17.7 Å². The van der Waals surface area contributed by atoms with Crippen molar-refractivity contribution in [3.8, 4) is 17.0 Å². The molecule has 1 aliphatic heterocycles. The van der Waals surface area contributed by atoms with E-state index in [1.54, 1.807) is 17.7 Å². The van der Waals surface area contributed by atoms with E-state index < -0.39 is 12.2 Å². The van der Waals surface area contributed by atoms with Crippen molar-refractivity contribution in [2.75, 3.05) is 7.11 Å². The molecular weight excluding hydrogens is 448 g/mol. The molecule has 2 saturated carbocycles. The van der Waals surface area contributed by atoms with Gasteiger partial charge in [0.15, 0.2) is 23.3 Å². The SMILES string of the molecule is COc1ccc(-c2ccc3c(c2)COC3=O)n2nc(C(OC(=O)NC3CCCCC3)C3CC3)nc12. The van der Waals surface area contributed by atoms with E-state index in [1.165, 1.54) is 6.42 Å². The second-order valence-corrected chi connectivity index (χ2v) is 9.58. The molecule has 3 heterocycles. The molecule has 1 amide bonds. The van der Waals surface area contributed by atoms with Crippen LogP contribution in [0, 0.1) is 5.92 Å². The fourth-order valence-corrected chi connectivity index (χ4v) is 5.07. The predicted molar refractivity (Wildman–Crippen MR) is 126 cm³/mol. The Labute approximate surface area is 202 Å². The highest BCUT2D eigenvalue weighted by atomic mass is 16.6. The minimum atomic E-state index is -0.512. The van der Waals surface area contributed by atoms with Crippen molar-refractivity contribution in [3.63, 3.8) is 0 Å². The molecule has 3 aliphatic rings. The lowest BCUT2D eigenvalue weighted by Gasteiger charge is -2.23. The number of aromatic nitrogens is 3. The van der Waals surface area contributed by atoms with E-state index in [1.807, 2.05) is 24.3 Å². The molecule has 2 fully saturated rings. The van der Waals surface area contributed by atoms with Crippen LogP contribution >= 0.6 is 0 Å². The number of fused-ring (bicyclic) bond motifs is 2. The van der Waals surface area contributed by atoms with E-state index in [4.69, 9.17) is 24.3 Å². The summed E-state index contributed by atoms with van der Waals surface area (Å²) >= 11 is 0. The molecule has 0 bridgehead atoms. The monoisotopic (exact) mass is 476 g/mol. The summed E-state index contributed by atoms with van der Waals surface area (Å²) in [6.07, 6.45) is 6.51. The quantitative estimate of drug-likeness (QED) is 0.519. The average Bonchev–Trinajstić information content (AvgIpc) is 3.51. The van der Waals surface area contributed by atoms with Crippen LogP contribution in [0.1, 0.15) is 72.8 Å². The summed E-state index contributed by atoms with van der Waals surface area (Å²) in [5, 5.41) is 7.83. The van der Waals surface area contributed by atoms with Gasteiger partial charge < -0.3 is 19.5 Å². The Morgan fingerprint density at radius 3 is 2.74 bits per heavy atom. The molecule has 2 aliphatic carbocycles. The zero-order valence-corrected chi connectivity index (χ0v) is 19.7. The number of hydrogen-bond donors (Lipinski definition) is 1. The smallest absolute Gasteiger partial charge is 0.408 e. The number of pyridine rings is 1. The van der Waals surface area contributed by atoms with Gasteiger partial charge in [-0.1, -0.05) is 25.3 Å². The van der Waals surface area contributed by atoms with E-state index >= 15 is 0 Å². The Bertz CT molecular complexity index is 1290. The molecule has 1 aromatic carbocycles. The van der Waals surface area contributed by atoms with E-state index in [2.05, 4.69) is 5.32 Å². The fourth-order valence-electron chi connectivity index (χ4n) is 5.07.